The standard InChI is InChI=1S/C21H36FN5O4/c22-17-7-13(8-18(16(17)9-23)24-14-10-29-11-14)20-25-19(26-31-20)12-3-5-27(6-4-12)21(28)30-15-1-2-15/h12-20,24-26H,1-11,23H2. The van der Waals surface area contributed by atoms with E-state index >= 15 is 0 Å². The summed E-state index contributed by atoms with van der Waals surface area (Å²) < 4.78 is 25.6. The van der Waals surface area contributed by atoms with Gasteiger partial charge in [-0.25, -0.2) is 9.18 Å². The highest BCUT2D eigenvalue weighted by Crippen LogP contribution is 2.36. The van der Waals surface area contributed by atoms with Gasteiger partial charge >= 0.3 is 6.09 Å². The van der Waals surface area contributed by atoms with Gasteiger partial charge in [0.05, 0.1) is 25.4 Å². The lowest BCUT2D eigenvalue weighted by Gasteiger charge is -2.43. The molecule has 0 spiro atoms. The van der Waals surface area contributed by atoms with Crippen molar-refractivity contribution in [1.82, 2.24) is 21.0 Å². The molecular weight excluding hydrogens is 405 g/mol. The lowest BCUT2D eigenvalue weighted by Crippen LogP contribution is -2.58. The zero-order chi connectivity index (χ0) is 21.4. The predicted octanol–water partition coefficient (Wildman–Crippen LogP) is 0.454. The SMILES string of the molecule is NCC1C(F)CC(C2NC(C3CCN(C(=O)OC4CC4)CC3)NO2)CC1NC1COC1. The van der Waals surface area contributed by atoms with Gasteiger partial charge in [-0.2, -0.15) is 5.48 Å². The summed E-state index contributed by atoms with van der Waals surface area (Å²) in [4.78, 5) is 19.8. The molecular formula is C21H36FN5O4. The number of nitrogens with two attached hydrogens (primary N) is 1. The van der Waals surface area contributed by atoms with Gasteiger partial charge in [-0.05, 0) is 51.0 Å². The third-order valence-corrected chi connectivity index (χ3v) is 7.58. The van der Waals surface area contributed by atoms with Crippen LogP contribution in [0.5, 0.6) is 0 Å². The van der Waals surface area contributed by atoms with Crippen LogP contribution < -0.4 is 21.8 Å². The molecule has 5 aliphatic rings. The van der Waals surface area contributed by atoms with Crippen molar-refractivity contribution in [2.24, 2.45) is 23.5 Å². The van der Waals surface area contributed by atoms with Crippen LogP contribution in [0.4, 0.5) is 9.18 Å². The summed E-state index contributed by atoms with van der Waals surface area (Å²) >= 11 is 0. The Hall–Kier alpha value is -1.04. The molecule has 6 atom stereocenters. The molecule has 6 unspecified atom stereocenters. The van der Waals surface area contributed by atoms with Gasteiger partial charge < -0.3 is 25.4 Å². The first kappa shape index (κ1) is 21.8. The average molecular weight is 442 g/mol. The quantitative estimate of drug-likeness (QED) is 0.471. The van der Waals surface area contributed by atoms with Gasteiger partial charge in [0.15, 0.2) is 0 Å². The van der Waals surface area contributed by atoms with E-state index in [-0.39, 0.29) is 42.5 Å². The Morgan fingerprint density at radius 1 is 1.16 bits per heavy atom. The van der Waals surface area contributed by atoms with Gasteiger partial charge in [-0.1, -0.05) is 0 Å². The van der Waals surface area contributed by atoms with Crippen LogP contribution in [0.3, 0.4) is 0 Å². The van der Waals surface area contributed by atoms with Crippen molar-refractivity contribution in [3.63, 3.8) is 0 Å². The van der Waals surface area contributed by atoms with E-state index in [0.717, 1.165) is 32.1 Å². The third kappa shape index (κ3) is 4.99. The Kier molecular flexibility index (Phi) is 6.64. The zero-order valence-electron chi connectivity index (χ0n) is 18.0. The predicted molar refractivity (Wildman–Crippen MR) is 110 cm³/mol. The molecule has 176 valence electrons. The molecule has 10 heteroatoms. The van der Waals surface area contributed by atoms with Gasteiger partial charge in [0.2, 0.25) is 0 Å². The van der Waals surface area contributed by atoms with E-state index in [1.54, 1.807) is 0 Å². The van der Waals surface area contributed by atoms with Crippen LogP contribution in [-0.4, -0.2) is 80.6 Å². The Morgan fingerprint density at radius 3 is 2.58 bits per heavy atom. The number of piperidine rings is 1. The van der Waals surface area contributed by atoms with Gasteiger partial charge in [0.25, 0.3) is 0 Å². The molecule has 1 amide bonds. The van der Waals surface area contributed by atoms with Gasteiger partial charge in [0, 0.05) is 31.0 Å². The average Bonchev–Trinajstić information content (AvgIpc) is 3.42. The number of hydrogen-bond acceptors (Lipinski definition) is 8. The van der Waals surface area contributed by atoms with Crippen molar-refractivity contribution in [1.29, 1.82) is 0 Å². The fraction of sp³-hybridized carbons (Fsp3) is 0.952. The molecule has 5 fully saturated rings. The van der Waals surface area contributed by atoms with E-state index in [1.807, 2.05) is 4.90 Å². The summed E-state index contributed by atoms with van der Waals surface area (Å²) in [7, 11) is 0. The number of rotatable bonds is 6. The second-order valence-electron chi connectivity index (χ2n) is 9.86. The molecule has 2 aliphatic carbocycles. The molecule has 0 radical (unpaired) electrons. The number of likely N-dealkylation sites (tertiary alicyclic amines) is 1. The van der Waals surface area contributed by atoms with Crippen molar-refractivity contribution in [2.45, 2.75) is 75.3 Å². The van der Waals surface area contributed by atoms with Crippen LogP contribution in [0.25, 0.3) is 0 Å². The number of hydrogen-bond donors (Lipinski definition) is 4. The monoisotopic (exact) mass is 441 g/mol. The van der Waals surface area contributed by atoms with Gasteiger partial charge in [-0.15, -0.1) is 0 Å². The Labute approximate surface area is 182 Å². The van der Waals surface area contributed by atoms with E-state index in [1.165, 1.54) is 0 Å². The Balaban J connectivity index is 1.11. The van der Waals surface area contributed by atoms with E-state index in [2.05, 4.69) is 16.1 Å². The molecule has 31 heavy (non-hydrogen) atoms. The van der Waals surface area contributed by atoms with E-state index < -0.39 is 6.17 Å². The maximum Gasteiger partial charge on any atom is 0.410 e. The summed E-state index contributed by atoms with van der Waals surface area (Å²) in [5.74, 6) is 0.265. The maximum atomic E-state index is 14.9. The smallest absolute Gasteiger partial charge is 0.410 e. The molecule has 0 aromatic rings. The molecule has 0 aromatic carbocycles. The van der Waals surface area contributed by atoms with Crippen molar-refractivity contribution in [3.8, 4) is 0 Å². The summed E-state index contributed by atoms with van der Waals surface area (Å²) in [6, 6.07) is 0.336. The van der Waals surface area contributed by atoms with Crippen molar-refractivity contribution >= 4 is 6.09 Å². The minimum atomic E-state index is -0.938. The number of carbonyl (C=O) groups is 1. The number of alkyl halides is 1. The van der Waals surface area contributed by atoms with Crippen molar-refractivity contribution < 1.29 is 23.5 Å². The van der Waals surface area contributed by atoms with E-state index in [9.17, 15) is 9.18 Å². The highest BCUT2D eigenvalue weighted by atomic mass is 19.1. The van der Waals surface area contributed by atoms with E-state index in [0.29, 0.717) is 51.2 Å². The van der Waals surface area contributed by atoms with Crippen LogP contribution in [0.1, 0.15) is 38.5 Å². The number of halogens is 1. The third-order valence-electron chi connectivity index (χ3n) is 7.58. The first-order valence-electron chi connectivity index (χ1n) is 11.9. The van der Waals surface area contributed by atoms with Crippen molar-refractivity contribution in [2.75, 3.05) is 32.8 Å². The molecule has 3 heterocycles. The molecule has 5 rings (SSSR count). The first-order chi connectivity index (χ1) is 15.1. The molecule has 9 nitrogen and oxygen atoms in total. The second kappa shape index (κ2) is 9.44. The van der Waals surface area contributed by atoms with Crippen LogP contribution in [-0.2, 0) is 14.3 Å². The lowest BCUT2D eigenvalue weighted by atomic mass is 9.75. The number of nitrogens with zero attached hydrogens (tertiary/aromatic N) is 1. The van der Waals surface area contributed by atoms with E-state index in [4.69, 9.17) is 20.0 Å². The molecule has 0 bridgehead atoms. The van der Waals surface area contributed by atoms with Gasteiger partial charge in [-0.3, -0.25) is 10.2 Å². The minimum Gasteiger partial charge on any atom is -0.446 e. The largest absolute Gasteiger partial charge is 0.446 e. The minimum absolute atomic E-state index is 0.0170. The second-order valence-corrected chi connectivity index (χ2v) is 9.86. The number of ether oxygens (including phenoxy) is 2. The molecule has 2 saturated carbocycles. The topological polar surface area (TPSA) is 110 Å². The Bertz CT molecular complexity index is 629. The van der Waals surface area contributed by atoms with Crippen LogP contribution in [0.15, 0.2) is 0 Å². The lowest BCUT2D eigenvalue weighted by molar-refractivity contribution is -0.0570. The molecule has 5 N–H and O–H groups in total. The fourth-order valence-electron chi connectivity index (χ4n) is 5.37. The molecule has 3 aliphatic heterocycles. The first-order valence-corrected chi connectivity index (χ1v) is 11.9. The molecule has 0 aromatic heterocycles. The highest BCUT2D eigenvalue weighted by molar-refractivity contribution is 5.68. The zero-order valence-corrected chi connectivity index (χ0v) is 18.0. The van der Waals surface area contributed by atoms with Gasteiger partial charge in [0.1, 0.15) is 18.5 Å². The number of amides is 1. The summed E-state index contributed by atoms with van der Waals surface area (Å²) in [5, 5.41) is 7.10. The number of carbonyl (C=O) groups excluding carboxylic acids is 1. The number of hydroxylamine groups is 1. The molecule has 3 saturated heterocycles. The Morgan fingerprint density at radius 2 is 1.94 bits per heavy atom. The summed E-state index contributed by atoms with van der Waals surface area (Å²) in [5.41, 5.74) is 9.04. The van der Waals surface area contributed by atoms with Crippen molar-refractivity contribution in [3.05, 3.63) is 0 Å². The number of nitrogens with one attached hydrogen (secondary N) is 3. The van der Waals surface area contributed by atoms with Crippen LogP contribution in [0.2, 0.25) is 0 Å². The normalized spacial score (nSPS) is 40.0. The van der Waals surface area contributed by atoms with Crippen LogP contribution in [0, 0.1) is 17.8 Å². The summed E-state index contributed by atoms with van der Waals surface area (Å²) in [6.45, 7) is 3.11. The highest BCUT2D eigenvalue weighted by Gasteiger charge is 2.45. The summed E-state index contributed by atoms with van der Waals surface area (Å²) in [6.07, 6.45) is 3.87. The fourth-order valence-corrected chi connectivity index (χ4v) is 5.37. The maximum absolute atomic E-state index is 14.9. The van der Waals surface area contributed by atoms with Crippen LogP contribution >= 0.6 is 0 Å².